The molecule has 1 atom stereocenters. The number of benzene rings is 2. The summed E-state index contributed by atoms with van der Waals surface area (Å²) in [7, 11) is 1.79. The lowest BCUT2D eigenvalue weighted by Gasteiger charge is -2.24. The van der Waals surface area contributed by atoms with Crippen LogP contribution in [0.4, 0.5) is 10.1 Å². The molecule has 2 heterocycles. The van der Waals surface area contributed by atoms with Gasteiger partial charge < -0.3 is 15.3 Å². The highest BCUT2D eigenvalue weighted by Gasteiger charge is 2.37. The number of nitrogens with zero attached hydrogens (tertiary/aromatic N) is 2. The average Bonchev–Trinajstić information content (AvgIpc) is 3.00. The summed E-state index contributed by atoms with van der Waals surface area (Å²) in [6, 6.07) is 9.52. The van der Waals surface area contributed by atoms with E-state index >= 15 is 0 Å². The Bertz CT molecular complexity index is 1020. The van der Waals surface area contributed by atoms with E-state index in [-0.39, 0.29) is 29.1 Å². The van der Waals surface area contributed by atoms with E-state index in [2.05, 4.69) is 10.3 Å². The molecule has 0 bridgehead atoms. The molecule has 2 aromatic carbocycles. The van der Waals surface area contributed by atoms with Crippen LogP contribution in [0.15, 0.2) is 42.6 Å². The Morgan fingerprint density at radius 1 is 1.27 bits per heavy atom. The van der Waals surface area contributed by atoms with Crippen molar-refractivity contribution < 1.29 is 14.3 Å². The number of halogens is 1. The largest absolute Gasteiger partial charge is 0.505 e. The van der Waals surface area contributed by atoms with Gasteiger partial charge in [-0.1, -0.05) is 12.1 Å². The van der Waals surface area contributed by atoms with Gasteiger partial charge in [-0.15, -0.1) is 0 Å². The van der Waals surface area contributed by atoms with E-state index in [9.17, 15) is 14.3 Å². The van der Waals surface area contributed by atoms with Crippen LogP contribution < -0.4 is 5.32 Å². The molecule has 0 saturated heterocycles. The summed E-state index contributed by atoms with van der Waals surface area (Å²) in [5.41, 5.74) is 3.07. The first-order valence-corrected chi connectivity index (χ1v) is 8.39. The molecule has 6 heteroatoms. The maximum absolute atomic E-state index is 13.2. The highest BCUT2D eigenvalue weighted by molar-refractivity contribution is 6.11. The number of aromatic nitrogens is 1. The fourth-order valence-electron chi connectivity index (χ4n) is 3.64. The molecule has 0 radical (unpaired) electrons. The molecule has 3 aromatic rings. The van der Waals surface area contributed by atoms with Gasteiger partial charge in [0.05, 0.1) is 11.6 Å². The van der Waals surface area contributed by atoms with Crippen molar-refractivity contribution in [2.75, 3.05) is 12.4 Å². The third-order valence-electron chi connectivity index (χ3n) is 5.01. The zero-order valence-electron chi connectivity index (χ0n) is 14.5. The summed E-state index contributed by atoms with van der Waals surface area (Å²) < 4.78 is 13.2. The standard InChI is InChI=1S/C20H18FN3O2/c1-11(12-5-7-13(21)8-6-12)24-10-15-16(20(24)26)19(25)18-14(17(15)22-2)4-3-9-23-18/h3-9,11,22,25H,10H2,1-2H3. The maximum atomic E-state index is 13.2. The number of anilines is 1. The minimum Gasteiger partial charge on any atom is -0.505 e. The number of phenolic OH excluding ortho intramolecular Hbond substituents is 1. The van der Waals surface area contributed by atoms with Gasteiger partial charge >= 0.3 is 0 Å². The highest BCUT2D eigenvalue weighted by atomic mass is 19.1. The molecule has 132 valence electrons. The van der Waals surface area contributed by atoms with Crippen LogP contribution in [-0.4, -0.2) is 27.9 Å². The molecule has 1 amide bonds. The van der Waals surface area contributed by atoms with Gasteiger partial charge in [-0.05, 0) is 36.8 Å². The number of carbonyl (C=O) groups is 1. The van der Waals surface area contributed by atoms with Crippen LogP contribution in [0.3, 0.4) is 0 Å². The number of fused-ring (bicyclic) bond motifs is 2. The molecule has 0 fully saturated rings. The van der Waals surface area contributed by atoms with Crippen molar-refractivity contribution in [3.8, 4) is 5.75 Å². The van der Waals surface area contributed by atoms with Gasteiger partial charge in [-0.2, -0.15) is 0 Å². The Kier molecular flexibility index (Phi) is 3.76. The SMILES string of the molecule is CNc1c2c(c(O)c3ncccc13)C(=O)N(C(C)c1ccc(F)cc1)C2. The molecule has 0 aliphatic carbocycles. The molecular weight excluding hydrogens is 333 g/mol. The third-order valence-corrected chi connectivity index (χ3v) is 5.01. The average molecular weight is 351 g/mol. The first kappa shape index (κ1) is 16.3. The lowest BCUT2D eigenvalue weighted by atomic mass is 10.0. The smallest absolute Gasteiger partial charge is 0.258 e. The molecule has 4 rings (SSSR count). The number of phenols is 1. The van der Waals surface area contributed by atoms with Crippen LogP contribution in [0.25, 0.3) is 10.9 Å². The quantitative estimate of drug-likeness (QED) is 0.704. The van der Waals surface area contributed by atoms with Crippen molar-refractivity contribution in [2.45, 2.75) is 19.5 Å². The Labute approximate surface area is 150 Å². The number of pyridine rings is 1. The number of hydrogen-bond donors (Lipinski definition) is 2. The third kappa shape index (κ3) is 2.29. The number of rotatable bonds is 3. The van der Waals surface area contributed by atoms with Gasteiger partial charge in [-0.25, -0.2) is 4.39 Å². The van der Waals surface area contributed by atoms with Gasteiger partial charge in [0.25, 0.3) is 5.91 Å². The summed E-state index contributed by atoms with van der Waals surface area (Å²) >= 11 is 0. The van der Waals surface area contributed by atoms with Gasteiger partial charge in [0.1, 0.15) is 11.3 Å². The molecular formula is C20H18FN3O2. The predicted octanol–water partition coefficient (Wildman–Crippen LogP) is 3.84. The first-order valence-electron chi connectivity index (χ1n) is 8.39. The fourth-order valence-corrected chi connectivity index (χ4v) is 3.64. The molecule has 1 unspecified atom stereocenters. The lowest BCUT2D eigenvalue weighted by Crippen LogP contribution is -2.27. The van der Waals surface area contributed by atoms with E-state index in [0.29, 0.717) is 12.1 Å². The number of carbonyl (C=O) groups excluding carboxylic acids is 1. The van der Waals surface area contributed by atoms with Gasteiger partial charge in [0.15, 0.2) is 5.75 Å². The highest BCUT2D eigenvalue weighted by Crippen LogP contribution is 2.44. The summed E-state index contributed by atoms with van der Waals surface area (Å²) in [4.78, 5) is 19.0. The van der Waals surface area contributed by atoms with E-state index in [0.717, 1.165) is 22.2 Å². The van der Waals surface area contributed by atoms with Gasteiger partial charge in [0.2, 0.25) is 0 Å². The van der Waals surface area contributed by atoms with Crippen molar-refractivity contribution >= 4 is 22.5 Å². The van der Waals surface area contributed by atoms with Crippen LogP contribution in [0.1, 0.15) is 34.5 Å². The first-order chi connectivity index (χ1) is 12.5. The Morgan fingerprint density at radius 3 is 2.69 bits per heavy atom. The van der Waals surface area contributed by atoms with E-state index < -0.39 is 0 Å². The van der Waals surface area contributed by atoms with Crippen molar-refractivity contribution in [2.24, 2.45) is 0 Å². The summed E-state index contributed by atoms with van der Waals surface area (Å²) in [5.74, 6) is -0.656. The van der Waals surface area contributed by atoms with Crippen LogP contribution >= 0.6 is 0 Å². The Balaban J connectivity index is 1.83. The molecule has 1 aliphatic heterocycles. The number of nitrogens with one attached hydrogen (secondary N) is 1. The van der Waals surface area contributed by atoms with Crippen LogP contribution in [0.2, 0.25) is 0 Å². The topological polar surface area (TPSA) is 65.5 Å². The van der Waals surface area contributed by atoms with Crippen LogP contribution in [0, 0.1) is 5.82 Å². The monoisotopic (exact) mass is 351 g/mol. The molecule has 0 saturated carbocycles. The van der Waals surface area contributed by atoms with Gasteiger partial charge in [0, 0.05) is 36.4 Å². The molecule has 26 heavy (non-hydrogen) atoms. The van der Waals surface area contributed by atoms with E-state index in [1.165, 1.54) is 12.1 Å². The van der Waals surface area contributed by atoms with Crippen molar-refractivity contribution in [1.82, 2.24) is 9.88 Å². The van der Waals surface area contributed by atoms with E-state index in [1.807, 2.05) is 13.0 Å². The molecule has 5 nitrogen and oxygen atoms in total. The normalized spacial score (nSPS) is 14.6. The fraction of sp³-hybridized carbons (Fsp3) is 0.200. The number of amides is 1. The predicted molar refractivity (Wildman–Crippen MR) is 97.6 cm³/mol. The van der Waals surface area contributed by atoms with Crippen LogP contribution in [0.5, 0.6) is 5.75 Å². The van der Waals surface area contributed by atoms with Crippen molar-refractivity contribution in [3.05, 3.63) is 65.1 Å². The molecule has 0 spiro atoms. The Hall–Kier alpha value is -3.15. The van der Waals surface area contributed by atoms with Gasteiger partial charge in [-0.3, -0.25) is 9.78 Å². The molecule has 1 aromatic heterocycles. The second-order valence-corrected chi connectivity index (χ2v) is 6.39. The summed E-state index contributed by atoms with van der Waals surface area (Å²) in [6.45, 7) is 2.26. The second-order valence-electron chi connectivity index (χ2n) is 6.39. The second kappa shape index (κ2) is 5.98. The summed E-state index contributed by atoms with van der Waals surface area (Å²) in [6.07, 6.45) is 1.59. The Morgan fingerprint density at radius 2 is 2.00 bits per heavy atom. The molecule has 2 N–H and O–H groups in total. The van der Waals surface area contributed by atoms with E-state index in [1.54, 1.807) is 36.3 Å². The number of aromatic hydroxyl groups is 1. The van der Waals surface area contributed by atoms with Crippen molar-refractivity contribution in [3.63, 3.8) is 0 Å². The number of hydrogen-bond acceptors (Lipinski definition) is 4. The minimum atomic E-state index is -0.315. The van der Waals surface area contributed by atoms with Crippen LogP contribution in [-0.2, 0) is 6.54 Å². The lowest BCUT2D eigenvalue weighted by molar-refractivity contribution is 0.0714. The summed E-state index contributed by atoms with van der Waals surface area (Å²) in [5, 5.41) is 14.6. The zero-order valence-corrected chi connectivity index (χ0v) is 14.5. The zero-order chi connectivity index (χ0) is 18.4. The molecule has 1 aliphatic rings. The maximum Gasteiger partial charge on any atom is 0.258 e. The van der Waals surface area contributed by atoms with Crippen molar-refractivity contribution in [1.29, 1.82) is 0 Å². The minimum absolute atomic E-state index is 0.0894. The van der Waals surface area contributed by atoms with E-state index in [4.69, 9.17) is 0 Å².